The van der Waals surface area contributed by atoms with Crippen LogP contribution in [0.15, 0.2) is 54.2 Å². The van der Waals surface area contributed by atoms with Gasteiger partial charge in [0.2, 0.25) is 0 Å². The summed E-state index contributed by atoms with van der Waals surface area (Å²) in [5.74, 6) is 1.30. The monoisotopic (exact) mass is 396 g/mol. The quantitative estimate of drug-likeness (QED) is 0.442. The lowest BCUT2D eigenvalue weighted by Gasteiger charge is -2.19. The third-order valence-corrected chi connectivity index (χ3v) is 4.43. The zero-order chi connectivity index (χ0) is 20.1. The molecule has 1 aliphatic rings. The number of hydrogen-bond donors (Lipinski definition) is 2. The van der Waals surface area contributed by atoms with Gasteiger partial charge in [0, 0.05) is 0 Å². The first-order valence-corrected chi connectivity index (χ1v) is 9.52. The van der Waals surface area contributed by atoms with Crippen molar-refractivity contribution in [3.05, 3.63) is 65.4 Å². The molecule has 2 aromatic rings. The molecule has 5 nitrogen and oxygen atoms in total. The van der Waals surface area contributed by atoms with Crippen molar-refractivity contribution in [3.63, 3.8) is 0 Å². The summed E-state index contributed by atoms with van der Waals surface area (Å²) in [7, 11) is 0. The first kappa shape index (κ1) is 19.9. The fourth-order valence-corrected chi connectivity index (χ4v) is 2.92. The Kier molecular flexibility index (Phi) is 5.99. The van der Waals surface area contributed by atoms with Crippen molar-refractivity contribution in [1.29, 1.82) is 0 Å². The molecule has 0 aliphatic carbocycles. The Hall–Kier alpha value is -2.86. The third kappa shape index (κ3) is 5.33. The maximum Gasteiger partial charge on any atom is 0.273 e. The number of amides is 1. The molecule has 3 rings (SSSR count). The van der Waals surface area contributed by atoms with Crippen LogP contribution in [-0.4, -0.2) is 24.2 Å². The van der Waals surface area contributed by atoms with Gasteiger partial charge in [0.05, 0.1) is 0 Å². The summed E-state index contributed by atoms with van der Waals surface area (Å²) in [4.78, 5) is 11.7. The Balaban J connectivity index is 1.51. The molecule has 0 saturated carbocycles. The maximum absolute atomic E-state index is 11.7. The summed E-state index contributed by atoms with van der Waals surface area (Å²) >= 11 is 4.93. The van der Waals surface area contributed by atoms with Crippen LogP contribution in [0.4, 0.5) is 0 Å². The smallest absolute Gasteiger partial charge is 0.273 e. The van der Waals surface area contributed by atoms with Gasteiger partial charge >= 0.3 is 0 Å². The van der Waals surface area contributed by atoms with Gasteiger partial charge in [0.15, 0.2) is 5.11 Å². The van der Waals surface area contributed by atoms with Gasteiger partial charge in [-0.15, -0.1) is 0 Å². The Bertz CT molecular complexity index is 899. The van der Waals surface area contributed by atoms with Crippen LogP contribution in [0.2, 0.25) is 0 Å². The summed E-state index contributed by atoms with van der Waals surface area (Å²) in [6, 6.07) is 15.6. The van der Waals surface area contributed by atoms with E-state index in [1.165, 1.54) is 5.56 Å². The topological polar surface area (TPSA) is 59.6 Å². The van der Waals surface area contributed by atoms with Crippen molar-refractivity contribution in [2.45, 2.75) is 26.2 Å². The highest BCUT2D eigenvalue weighted by Gasteiger charge is 2.19. The third-order valence-electron chi connectivity index (χ3n) is 4.23. The summed E-state index contributed by atoms with van der Waals surface area (Å²) in [6.45, 7) is 7.42. The van der Waals surface area contributed by atoms with Gasteiger partial charge in [-0.1, -0.05) is 45.0 Å². The van der Waals surface area contributed by atoms with E-state index in [1.807, 2.05) is 36.4 Å². The van der Waals surface area contributed by atoms with Crippen LogP contribution in [0.25, 0.3) is 6.08 Å². The average molecular weight is 397 g/mol. The van der Waals surface area contributed by atoms with Gasteiger partial charge in [-0.05, 0) is 59.1 Å². The van der Waals surface area contributed by atoms with Crippen molar-refractivity contribution in [2.24, 2.45) is 0 Å². The molecule has 0 unspecified atom stereocenters. The van der Waals surface area contributed by atoms with Crippen LogP contribution in [0, 0.1) is 0 Å². The second-order valence-corrected chi connectivity index (χ2v) is 7.92. The lowest BCUT2D eigenvalue weighted by atomic mass is 9.87. The van der Waals surface area contributed by atoms with E-state index in [9.17, 15) is 4.79 Å². The molecule has 1 amide bonds. The zero-order valence-corrected chi connectivity index (χ0v) is 17.1. The molecule has 0 aromatic heterocycles. The molecule has 0 spiro atoms. The number of rotatable bonds is 6. The second-order valence-electron chi connectivity index (χ2n) is 7.51. The van der Waals surface area contributed by atoms with E-state index in [-0.39, 0.29) is 11.3 Å². The van der Waals surface area contributed by atoms with Crippen LogP contribution < -0.4 is 20.1 Å². The Morgan fingerprint density at radius 3 is 2.25 bits per heavy atom. The van der Waals surface area contributed by atoms with Crippen molar-refractivity contribution < 1.29 is 14.3 Å². The van der Waals surface area contributed by atoms with Crippen LogP contribution in [0.5, 0.6) is 11.5 Å². The van der Waals surface area contributed by atoms with Crippen LogP contribution in [0.1, 0.15) is 31.9 Å². The van der Waals surface area contributed by atoms with E-state index >= 15 is 0 Å². The molecule has 1 saturated heterocycles. The average Bonchev–Trinajstić information content (AvgIpc) is 2.96. The van der Waals surface area contributed by atoms with E-state index < -0.39 is 0 Å². The van der Waals surface area contributed by atoms with E-state index in [0.29, 0.717) is 29.8 Å². The minimum absolute atomic E-state index is 0.127. The van der Waals surface area contributed by atoms with Crippen molar-refractivity contribution >= 4 is 29.3 Å². The number of benzene rings is 2. The summed E-state index contributed by atoms with van der Waals surface area (Å²) in [6.07, 6.45) is 1.73. The second kappa shape index (κ2) is 8.44. The molecule has 0 atom stereocenters. The molecule has 0 radical (unpaired) electrons. The molecule has 1 aliphatic heterocycles. The maximum atomic E-state index is 11.7. The van der Waals surface area contributed by atoms with Gasteiger partial charge < -0.3 is 14.8 Å². The SMILES string of the molecule is CC(C)(C)c1ccc(OCCOc2cccc(/C=C3/NC(=S)NC3=O)c2)cc1. The molecule has 1 fully saturated rings. The van der Waals surface area contributed by atoms with Crippen LogP contribution >= 0.6 is 12.2 Å². The lowest BCUT2D eigenvalue weighted by molar-refractivity contribution is -0.115. The number of thiocarbonyl (C=S) groups is 1. The van der Waals surface area contributed by atoms with Gasteiger partial charge in [-0.25, -0.2) is 0 Å². The van der Waals surface area contributed by atoms with Gasteiger partial charge in [-0.2, -0.15) is 0 Å². The van der Waals surface area contributed by atoms with Gasteiger partial charge in [-0.3, -0.25) is 10.1 Å². The van der Waals surface area contributed by atoms with Crippen LogP contribution in [-0.2, 0) is 10.2 Å². The first-order valence-electron chi connectivity index (χ1n) is 9.11. The minimum atomic E-state index is -0.234. The van der Waals surface area contributed by atoms with Crippen molar-refractivity contribution in [3.8, 4) is 11.5 Å². The number of carbonyl (C=O) groups is 1. The molecule has 0 bridgehead atoms. The number of hydrogen-bond acceptors (Lipinski definition) is 4. The van der Waals surface area contributed by atoms with E-state index in [2.05, 4.69) is 43.5 Å². The highest BCUT2D eigenvalue weighted by Crippen LogP contribution is 2.24. The number of carbonyl (C=O) groups excluding carboxylic acids is 1. The molecule has 2 aromatic carbocycles. The summed E-state index contributed by atoms with van der Waals surface area (Å²) in [5.41, 5.74) is 2.66. The summed E-state index contributed by atoms with van der Waals surface area (Å²) < 4.78 is 11.5. The highest BCUT2D eigenvalue weighted by molar-refractivity contribution is 7.80. The summed E-state index contributed by atoms with van der Waals surface area (Å²) in [5, 5.41) is 5.68. The molecule has 1 heterocycles. The Morgan fingerprint density at radius 1 is 0.964 bits per heavy atom. The molecule has 28 heavy (non-hydrogen) atoms. The zero-order valence-electron chi connectivity index (χ0n) is 16.2. The fraction of sp³-hybridized carbons (Fsp3) is 0.273. The predicted molar refractivity (Wildman–Crippen MR) is 114 cm³/mol. The molecule has 146 valence electrons. The van der Waals surface area contributed by atoms with Gasteiger partial charge in [0.1, 0.15) is 30.4 Å². The predicted octanol–water partition coefficient (Wildman–Crippen LogP) is 3.79. The highest BCUT2D eigenvalue weighted by atomic mass is 32.1. The van der Waals surface area contributed by atoms with Gasteiger partial charge in [0.25, 0.3) is 5.91 Å². The molecular formula is C22H24N2O3S. The largest absolute Gasteiger partial charge is 0.490 e. The molecule has 6 heteroatoms. The standard InChI is InChI=1S/C22H24N2O3S/c1-22(2,3)16-7-9-17(10-8-16)26-11-12-27-18-6-4-5-15(13-18)14-19-20(25)24-21(28)23-19/h4-10,13-14H,11-12H2,1-3H3,(H2,23,24,25,28)/b19-14+. The Labute approximate surface area is 170 Å². The lowest BCUT2D eigenvalue weighted by Crippen LogP contribution is -2.21. The molecule has 2 N–H and O–H groups in total. The normalized spacial score (nSPS) is 15.3. The molecular weight excluding hydrogens is 372 g/mol. The van der Waals surface area contributed by atoms with E-state index in [4.69, 9.17) is 21.7 Å². The first-order chi connectivity index (χ1) is 13.3. The Morgan fingerprint density at radius 2 is 1.64 bits per heavy atom. The van der Waals surface area contributed by atoms with E-state index in [0.717, 1.165) is 11.3 Å². The number of nitrogens with one attached hydrogen (secondary N) is 2. The number of ether oxygens (including phenoxy) is 2. The van der Waals surface area contributed by atoms with E-state index in [1.54, 1.807) is 6.08 Å². The fourth-order valence-electron chi connectivity index (χ4n) is 2.71. The van der Waals surface area contributed by atoms with Crippen molar-refractivity contribution in [1.82, 2.24) is 10.6 Å². The van der Waals surface area contributed by atoms with Crippen molar-refractivity contribution in [2.75, 3.05) is 13.2 Å². The minimum Gasteiger partial charge on any atom is -0.490 e. The van der Waals surface area contributed by atoms with Crippen LogP contribution in [0.3, 0.4) is 0 Å².